The predicted molar refractivity (Wildman–Crippen MR) is 105 cm³/mol. The van der Waals surface area contributed by atoms with Crippen LogP contribution in [-0.2, 0) is 4.79 Å². The lowest BCUT2D eigenvalue weighted by atomic mass is 10.0. The standard InChI is InChI=1S/C20H18ClN3O2/c1-3-19(25)24(15-9-10-18(26-2)16(21)13-15)20(17(23)11-12-22)14-7-5-4-6-8-14/h1,4-13,20,22H,23H2,2H3/b17-11-,22-12?. The third-order valence-corrected chi connectivity index (χ3v) is 4.02. The van der Waals surface area contributed by atoms with Gasteiger partial charge >= 0.3 is 5.91 Å². The number of anilines is 1. The Labute approximate surface area is 157 Å². The van der Waals surface area contributed by atoms with Gasteiger partial charge in [0.25, 0.3) is 0 Å². The molecule has 2 aromatic carbocycles. The Bertz CT molecular complexity index is 872. The number of terminal acetylenes is 1. The molecule has 132 valence electrons. The zero-order valence-corrected chi connectivity index (χ0v) is 14.9. The highest BCUT2D eigenvalue weighted by atomic mass is 35.5. The van der Waals surface area contributed by atoms with E-state index in [1.807, 2.05) is 30.3 Å². The van der Waals surface area contributed by atoms with E-state index in [1.54, 1.807) is 18.2 Å². The zero-order chi connectivity index (χ0) is 19.1. The summed E-state index contributed by atoms with van der Waals surface area (Å²) in [5.41, 5.74) is 7.68. The van der Waals surface area contributed by atoms with Crippen LogP contribution in [0.3, 0.4) is 0 Å². The summed E-state index contributed by atoms with van der Waals surface area (Å²) in [7, 11) is 1.50. The fourth-order valence-corrected chi connectivity index (χ4v) is 2.82. The molecule has 0 aliphatic carbocycles. The largest absolute Gasteiger partial charge is 0.495 e. The van der Waals surface area contributed by atoms with Crippen LogP contribution in [0.15, 0.2) is 60.3 Å². The van der Waals surface area contributed by atoms with Crippen LogP contribution >= 0.6 is 11.6 Å². The van der Waals surface area contributed by atoms with Crippen molar-refractivity contribution in [1.82, 2.24) is 0 Å². The lowest BCUT2D eigenvalue weighted by Gasteiger charge is -2.31. The minimum atomic E-state index is -0.689. The zero-order valence-electron chi connectivity index (χ0n) is 14.1. The van der Waals surface area contributed by atoms with Gasteiger partial charge in [0.1, 0.15) is 11.8 Å². The molecule has 1 atom stereocenters. The number of allylic oxidation sites excluding steroid dienone is 1. The molecule has 1 amide bonds. The lowest BCUT2D eigenvalue weighted by Crippen LogP contribution is -2.37. The second-order valence-corrected chi connectivity index (χ2v) is 5.69. The molecule has 0 saturated heterocycles. The van der Waals surface area contributed by atoms with Gasteiger partial charge in [-0.2, -0.15) is 0 Å². The number of ether oxygens (including phenoxy) is 1. The first-order chi connectivity index (χ1) is 12.5. The van der Waals surface area contributed by atoms with Crippen LogP contribution in [0.5, 0.6) is 5.75 Å². The summed E-state index contributed by atoms with van der Waals surface area (Å²) in [6.45, 7) is 0. The van der Waals surface area contributed by atoms with Gasteiger partial charge in [0.2, 0.25) is 0 Å². The Kier molecular flexibility index (Phi) is 6.42. The maximum absolute atomic E-state index is 12.6. The van der Waals surface area contributed by atoms with Gasteiger partial charge < -0.3 is 15.9 Å². The van der Waals surface area contributed by atoms with E-state index in [2.05, 4.69) is 5.92 Å². The number of halogens is 1. The fraction of sp³-hybridized carbons (Fsp3) is 0.100. The number of carbonyl (C=O) groups excluding carboxylic acids is 1. The van der Waals surface area contributed by atoms with Gasteiger partial charge in [0.05, 0.1) is 12.1 Å². The van der Waals surface area contributed by atoms with Crippen molar-refractivity contribution in [2.75, 3.05) is 12.0 Å². The van der Waals surface area contributed by atoms with Gasteiger partial charge in [0, 0.05) is 17.6 Å². The van der Waals surface area contributed by atoms with E-state index in [0.29, 0.717) is 22.2 Å². The minimum Gasteiger partial charge on any atom is -0.495 e. The van der Waals surface area contributed by atoms with Gasteiger partial charge in [-0.15, -0.1) is 6.42 Å². The molecule has 3 N–H and O–H groups in total. The number of hydrogen-bond donors (Lipinski definition) is 2. The van der Waals surface area contributed by atoms with Crippen LogP contribution < -0.4 is 15.4 Å². The van der Waals surface area contributed by atoms with E-state index >= 15 is 0 Å². The van der Waals surface area contributed by atoms with Crippen molar-refractivity contribution in [2.45, 2.75) is 6.04 Å². The van der Waals surface area contributed by atoms with E-state index < -0.39 is 11.9 Å². The van der Waals surface area contributed by atoms with Crippen molar-refractivity contribution in [3.8, 4) is 18.1 Å². The number of nitrogens with one attached hydrogen (secondary N) is 1. The second-order valence-electron chi connectivity index (χ2n) is 5.28. The van der Waals surface area contributed by atoms with Crippen LogP contribution in [0.1, 0.15) is 11.6 Å². The van der Waals surface area contributed by atoms with Crippen LogP contribution in [0.4, 0.5) is 5.69 Å². The second kappa shape index (κ2) is 8.75. The van der Waals surface area contributed by atoms with Crippen molar-refractivity contribution >= 4 is 29.4 Å². The van der Waals surface area contributed by atoms with E-state index in [-0.39, 0.29) is 0 Å². The first-order valence-electron chi connectivity index (χ1n) is 7.67. The van der Waals surface area contributed by atoms with Gasteiger partial charge in [0.15, 0.2) is 0 Å². The molecule has 0 aliphatic rings. The SMILES string of the molecule is C#CC(=O)N(c1ccc(OC)c(Cl)c1)C(/C(N)=C/C=N)c1ccccc1. The third kappa shape index (κ3) is 4.05. The molecule has 2 rings (SSSR count). The van der Waals surface area contributed by atoms with Crippen molar-refractivity contribution in [1.29, 1.82) is 5.41 Å². The quantitative estimate of drug-likeness (QED) is 0.605. The van der Waals surface area contributed by atoms with Crippen molar-refractivity contribution in [3.05, 3.63) is 70.9 Å². The molecule has 26 heavy (non-hydrogen) atoms. The Morgan fingerprint density at radius 1 is 1.35 bits per heavy atom. The van der Waals surface area contributed by atoms with Crippen molar-refractivity contribution < 1.29 is 9.53 Å². The fourth-order valence-electron chi connectivity index (χ4n) is 2.57. The molecule has 5 nitrogen and oxygen atoms in total. The molecular formula is C20H18ClN3O2. The summed E-state index contributed by atoms with van der Waals surface area (Å²) in [6, 6.07) is 13.4. The van der Waals surface area contributed by atoms with Gasteiger partial charge in [-0.1, -0.05) is 41.9 Å². The Hall–Kier alpha value is -3.23. The first kappa shape index (κ1) is 19.1. The molecule has 0 aromatic heterocycles. The average molecular weight is 368 g/mol. The average Bonchev–Trinajstić information content (AvgIpc) is 2.66. The summed E-state index contributed by atoms with van der Waals surface area (Å²) in [6.07, 6.45) is 7.87. The smallest absolute Gasteiger partial charge is 0.303 e. The molecule has 0 radical (unpaired) electrons. The van der Waals surface area contributed by atoms with Gasteiger partial charge in [-0.05, 0) is 35.8 Å². The molecule has 6 heteroatoms. The molecule has 0 bridgehead atoms. The molecule has 0 aliphatic heterocycles. The molecule has 1 unspecified atom stereocenters. The monoisotopic (exact) mass is 367 g/mol. The number of amides is 1. The summed E-state index contributed by atoms with van der Waals surface area (Å²) < 4.78 is 5.16. The van der Waals surface area contributed by atoms with Gasteiger partial charge in [-0.25, -0.2) is 0 Å². The Morgan fingerprint density at radius 2 is 2.04 bits per heavy atom. The normalized spacial score (nSPS) is 12.0. The topological polar surface area (TPSA) is 79.4 Å². The number of benzene rings is 2. The Balaban J connectivity index is 2.66. The minimum absolute atomic E-state index is 0.293. The molecule has 0 heterocycles. The number of carbonyl (C=O) groups is 1. The molecule has 0 spiro atoms. The van der Waals surface area contributed by atoms with E-state index in [9.17, 15) is 4.79 Å². The molecule has 0 fully saturated rings. The predicted octanol–water partition coefficient (Wildman–Crippen LogP) is 3.55. The summed E-state index contributed by atoms with van der Waals surface area (Å²) in [4.78, 5) is 13.9. The maximum Gasteiger partial charge on any atom is 0.303 e. The lowest BCUT2D eigenvalue weighted by molar-refractivity contribution is -0.113. The number of nitrogens with two attached hydrogens (primary N) is 1. The van der Waals surface area contributed by atoms with Crippen LogP contribution in [0.25, 0.3) is 0 Å². The van der Waals surface area contributed by atoms with E-state index in [4.69, 9.17) is 33.9 Å². The van der Waals surface area contributed by atoms with Crippen LogP contribution in [-0.4, -0.2) is 19.2 Å². The summed E-state index contributed by atoms with van der Waals surface area (Å²) >= 11 is 6.22. The highest BCUT2D eigenvalue weighted by Gasteiger charge is 2.28. The number of methoxy groups -OCH3 is 1. The summed E-state index contributed by atoms with van der Waals surface area (Å²) in [5, 5.41) is 7.65. The highest BCUT2D eigenvalue weighted by Crippen LogP contribution is 2.35. The third-order valence-electron chi connectivity index (χ3n) is 3.72. The summed E-state index contributed by atoms with van der Waals surface area (Å²) in [5.74, 6) is 2.02. The van der Waals surface area contributed by atoms with Crippen molar-refractivity contribution in [2.24, 2.45) is 5.73 Å². The molecule has 0 saturated carbocycles. The van der Waals surface area contributed by atoms with Gasteiger partial charge in [-0.3, -0.25) is 9.69 Å². The maximum atomic E-state index is 12.6. The van der Waals surface area contributed by atoms with Crippen LogP contribution in [0, 0.1) is 17.8 Å². The molecule has 2 aromatic rings. The number of rotatable bonds is 6. The number of nitrogens with zero attached hydrogens (tertiary/aromatic N) is 1. The Morgan fingerprint density at radius 3 is 2.58 bits per heavy atom. The number of hydrogen-bond acceptors (Lipinski definition) is 4. The van der Waals surface area contributed by atoms with E-state index in [1.165, 1.54) is 18.1 Å². The first-order valence-corrected chi connectivity index (χ1v) is 8.05. The van der Waals surface area contributed by atoms with Crippen LogP contribution in [0.2, 0.25) is 5.02 Å². The van der Waals surface area contributed by atoms with Crippen molar-refractivity contribution in [3.63, 3.8) is 0 Å². The highest BCUT2D eigenvalue weighted by molar-refractivity contribution is 6.32. The van der Waals surface area contributed by atoms with E-state index in [0.717, 1.165) is 11.8 Å². The molecular weight excluding hydrogens is 350 g/mol.